The zero-order chi connectivity index (χ0) is 23.2. The Morgan fingerprint density at radius 3 is 2.47 bits per heavy atom. The van der Waals surface area contributed by atoms with Crippen molar-refractivity contribution < 1.29 is 14.4 Å². The number of imide groups is 1. The van der Waals surface area contributed by atoms with Gasteiger partial charge in [-0.2, -0.15) is 0 Å². The van der Waals surface area contributed by atoms with Crippen LogP contribution >= 0.6 is 12.4 Å². The minimum Gasteiger partial charge on any atom is -0.368 e. The summed E-state index contributed by atoms with van der Waals surface area (Å²) in [6.07, 6.45) is 5.59. The van der Waals surface area contributed by atoms with Gasteiger partial charge in [-0.3, -0.25) is 19.4 Å². The van der Waals surface area contributed by atoms with Gasteiger partial charge in [-0.1, -0.05) is 19.1 Å². The van der Waals surface area contributed by atoms with E-state index in [1.807, 2.05) is 24.3 Å². The first kappa shape index (κ1) is 26.3. The average Bonchev–Trinajstić information content (AvgIpc) is 3.10. The molecule has 1 N–H and O–H groups in total. The summed E-state index contributed by atoms with van der Waals surface area (Å²) < 4.78 is 0. The molecule has 0 spiro atoms. The molecule has 34 heavy (non-hydrogen) atoms. The second-order valence-electron chi connectivity index (χ2n) is 9.29. The van der Waals surface area contributed by atoms with Crippen LogP contribution in [0.5, 0.6) is 0 Å². The Labute approximate surface area is 209 Å². The largest absolute Gasteiger partial charge is 0.368 e. The molecule has 1 aromatic carbocycles. The lowest BCUT2D eigenvalue weighted by Crippen LogP contribution is -2.47. The normalized spacial score (nSPS) is 20.9. The average molecular weight is 492 g/mol. The van der Waals surface area contributed by atoms with E-state index in [0.717, 1.165) is 89.0 Å². The molecular weight excluding hydrogens is 454 g/mol. The fraction of sp³-hybridized carbons (Fsp3) is 0.640. The van der Waals surface area contributed by atoms with Crippen molar-refractivity contribution in [3.8, 4) is 0 Å². The molecule has 3 heterocycles. The summed E-state index contributed by atoms with van der Waals surface area (Å²) in [5.41, 5.74) is 1.75. The number of unbranched alkanes of at least 4 members (excludes halogenated alkanes) is 1. The predicted octanol–water partition coefficient (Wildman–Crippen LogP) is 2.97. The van der Waals surface area contributed by atoms with Gasteiger partial charge in [0.2, 0.25) is 0 Å². The first-order chi connectivity index (χ1) is 16.1. The van der Waals surface area contributed by atoms with E-state index in [0.29, 0.717) is 13.1 Å². The van der Waals surface area contributed by atoms with Crippen LogP contribution in [0.1, 0.15) is 55.8 Å². The Morgan fingerprint density at radius 2 is 1.74 bits per heavy atom. The van der Waals surface area contributed by atoms with Crippen molar-refractivity contribution in [1.82, 2.24) is 20.0 Å². The monoisotopic (exact) mass is 491 g/mol. The SMILES string of the molecule is CCCNC(=O)c1ccccc1N1CCN(CCCCN2C(=O)C3CCCCN3C2=O)CC1.Cl. The van der Waals surface area contributed by atoms with Crippen LogP contribution in [0.3, 0.4) is 0 Å². The molecule has 0 aromatic heterocycles. The highest BCUT2D eigenvalue weighted by atomic mass is 35.5. The van der Waals surface area contributed by atoms with Gasteiger partial charge in [0, 0.05) is 51.5 Å². The van der Waals surface area contributed by atoms with Crippen molar-refractivity contribution in [2.24, 2.45) is 0 Å². The number of urea groups is 1. The molecule has 1 aromatic rings. The Kier molecular flexibility index (Phi) is 9.59. The van der Waals surface area contributed by atoms with E-state index in [1.54, 1.807) is 4.90 Å². The van der Waals surface area contributed by atoms with Crippen LogP contribution in [-0.2, 0) is 4.79 Å². The number of nitrogens with zero attached hydrogens (tertiary/aromatic N) is 4. The van der Waals surface area contributed by atoms with Crippen LogP contribution in [0.2, 0.25) is 0 Å². The zero-order valence-electron chi connectivity index (χ0n) is 20.2. The van der Waals surface area contributed by atoms with Crippen molar-refractivity contribution in [1.29, 1.82) is 0 Å². The van der Waals surface area contributed by atoms with Gasteiger partial charge in [-0.15, -0.1) is 12.4 Å². The molecule has 0 saturated carbocycles. The summed E-state index contributed by atoms with van der Waals surface area (Å²) in [5.74, 6) is 0.00649. The second kappa shape index (κ2) is 12.4. The van der Waals surface area contributed by atoms with Crippen LogP contribution in [0.25, 0.3) is 0 Å². The second-order valence-corrected chi connectivity index (χ2v) is 9.29. The third kappa shape index (κ3) is 5.84. The topological polar surface area (TPSA) is 76.2 Å². The fourth-order valence-electron chi connectivity index (χ4n) is 5.15. The van der Waals surface area contributed by atoms with E-state index >= 15 is 0 Å². The molecule has 0 aliphatic carbocycles. The van der Waals surface area contributed by atoms with E-state index < -0.39 is 0 Å². The summed E-state index contributed by atoms with van der Waals surface area (Å²) in [6.45, 7) is 8.63. The van der Waals surface area contributed by atoms with E-state index in [9.17, 15) is 14.4 Å². The molecule has 3 aliphatic rings. The third-order valence-corrected chi connectivity index (χ3v) is 7.03. The maximum Gasteiger partial charge on any atom is 0.327 e. The molecule has 4 amide bonds. The molecule has 3 saturated heterocycles. The summed E-state index contributed by atoms with van der Waals surface area (Å²) in [5, 5.41) is 2.99. The standard InChI is InChI=1S/C25H37N5O3.ClH/c1-2-12-26-23(31)20-9-3-4-10-21(20)28-18-16-27(17-19-28)13-7-8-15-30-24(32)22-11-5-6-14-29(22)25(30)33;/h3-4,9-10,22H,2,5-8,11-19H2,1H3,(H,26,31);1H. The van der Waals surface area contributed by atoms with Gasteiger partial charge in [0.15, 0.2) is 0 Å². The van der Waals surface area contributed by atoms with E-state index in [-0.39, 0.29) is 36.3 Å². The highest BCUT2D eigenvalue weighted by Gasteiger charge is 2.45. The predicted molar refractivity (Wildman–Crippen MR) is 136 cm³/mol. The lowest BCUT2D eigenvalue weighted by Gasteiger charge is -2.37. The third-order valence-electron chi connectivity index (χ3n) is 7.03. The van der Waals surface area contributed by atoms with Crippen LogP contribution < -0.4 is 10.2 Å². The fourth-order valence-corrected chi connectivity index (χ4v) is 5.15. The quantitative estimate of drug-likeness (QED) is 0.424. The Hall–Kier alpha value is -2.32. The Morgan fingerprint density at radius 1 is 1.00 bits per heavy atom. The molecule has 3 aliphatic heterocycles. The number of hydrogen-bond donors (Lipinski definition) is 1. The highest BCUT2D eigenvalue weighted by Crippen LogP contribution is 2.27. The van der Waals surface area contributed by atoms with Gasteiger partial charge in [0.05, 0.1) is 5.56 Å². The van der Waals surface area contributed by atoms with Crippen molar-refractivity contribution in [3.63, 3.8) is 0 Å². The molecule has 0 radical (unpaired) electrons. The summed E-state index contributed by atoms with van der Waals surface area (Å²) in [7, 11) is 0. The number of rotatable bonds is 9. The number of piperidine rings is 1. The lowest BCUT2D eigenvalue weighted by atomic mass is 10.0. The Bertz CT molecular complexity index is 835. The molecule has 3 fully saturated rings. The summed E-state index contributed by atoms with van der Waals surface area (Å²) in [6, 6.07) is 7.56. The minimum absolute atomic E-state index is 0. The van der Waals surface area contributed by atoms with Crippen LogP contribution in [0.15, 0.2) is 24.3 Å². The molecule has 0 bridgehead atoms. The molecule has 188 valence electrons. The van der Waals surface area contributed by atoms with Gasteiger partial charge >= 0.3 is 6.03 Å². The minimum atomic E-state index is -0.203. The number of hydrogen-bond acceptors (Lipinski definition) is 5. The molecule has 8 nitrogen and oxygen atoms in total. The van der Waals surface area contributed by atoms with Crippen LogP contribution in [0, 0.1) is 0 Å². The van der Waals surface area contributed by atoms with Crippen LogP contribution in [0.4, 0.5) is 10.5 Å². The zero-order valence-corrected chi connectivity index (χ0v) is 21.0. The first-order valence-corrected chi connectivity index (χ1v) is 12.6. The maximum atomic E-state index is 12.6. The number of para-hydroxylation sites is 1. The van der Waals surface area contributed by atoms with Gasteiger partial charge in [-0.25, -0.2) is 4.79 Å². The van der Waals surface area contributed by atoms with Crippen molar-refractivity contribution >= 4 is 35.9 Å². The highest BCUT2D eigenvalue weighted by molar-refractivity contribution is 6.04. The first-order valence-electron chi connectivity index (χ1n) is 12.6. The van der Waals surface area contributed by atoms with Crippen LogP contribution in [-0.4, -0.2) is 90.9 Å². The number of piperazine rings is 1. The molecule has 9 heteroatoms. The van der Waals surface area contributed by atoms with E-state index in [2.05, 4.69) is 22.0 Å². The van der Waals surface area contributed by atoms with Gasteiger partial charge in [0.25, 0.3) is 11.8 Å². The van der Waals surface area contributed by atoms with Gasteiger partial charge < -0.3 is 15.1 Å². The summed E-state index contributed by atoms with van der Waals surface area (Å²) in [4.78, 5) is 45.6. The number of amides is 4. The molecule has 1 atom stereocenters. The number of anilines is 1. The van der Waals surface area contributed by atoms with Crippen molar-refractivity contribution in [2.45, 2.75) is 51.5 Å². The number of fused-ring (bicyclic) bond motifs is 1. The lowest BCUT2D eigenvalue weighted by molar-refractivity contribution is -0.128. The number of carbonyl (C=O) groups is 3. The Balaban J connectivity index is 0.00000324. The number of carbonyl (C=O) groups excluding carboxylic acids is 3. The number of nitrogens with one attached hydrogen (secondary N) is 1. The molecule has 1 unspecified atom stereocenters. The molecule has 4 rings (SSSR count). The maximum absolute atomic E-state index is 12.6. The smallest absolute Gasteiger partial charge is 0.327 e. The summed E-state index contributed by atoms with van der Waals surface area (Å²) >= 11 is 0. The van der Waals surface area contributed by atoms with E-state index in [4.69, 9.17) is 0 Å². The van der Waals surface area contributed by atoms with Crippen molar-refractivity contribution in [2.75, 3.05) is 57.3 Å². The van der Waals surface area contributed by atoms with Gasteiger partial charge in [-0.05, 0) is 57.2 Å². The van der Waals surface area contributed by atoms with Gasteiger partial charge in [0.1, 0.15) is 6.04 Å². The molecular formula is C25H38ClN5O3. The van der Waals surface area contributed by atoms with Crippen molar-refractivity contribution in [3.05, 3.63) is 29.8 Å². The number of benzene rings is 1. The van der Waals surface area contributed by atoms with E-state index in [1.165, 1.54) is 4.90 Å². The number of halogens is 1.